The number of hydrogen-bond acceptors (Lipinski definition) is 3. The molecule has 7 heteroatoms. The highest BCUT2D eigenvalue weighted by molar-refractivity contribution is 7.89. The van der Waals surface area contributed by atoms with Crippen LogP contribution in [0.25, 0.3) is 0 Å². The summed E-state index contributed by atoms with van der Waals surface area (Å²) in [5, 5.41) is 0.0702. The molecule has 3 rings (SSSR count). The topological polar surface area (TPSA) is 66.1 Å². The molecule has 1 aromatic heterocycles. The van der Waals surface area contributed by atoms with E-state index in [1.165, 1.54) is 29.0 Å². The highest BCUT2D eigenvalue weighted by Gasteiger charge is 2.36. The zero-order valence-electron chi connectivity index (χ0n) is 10.7. The first-order valence-electron chi connectivity index (χ1n) is 6.35. The van der Waals surface area contributed by atoms with Crippen LogP contribution >= 0.6 is 0 Å². The van der Waals surface area contributed by atoms with Gasteiger partial charge < -0.3 is 4.98 Å². The number of sulfonamides is 1. The summed E-state index contributed by atoms with van der Waals surface area (Å²) >= 11 is 0. The number of benzene rings is 1. The number of nitrogens with zero attached hydrogens (tertiary/aromatic N) is 2. The molecule has 1 unspecified atom stereocenters. The zero-order valence-corrected chi connectivity index (χ0v) is 11.5. The first kappa shape index (κ1) is 13.3. The summed E-state index contributed by atoms with van der Waals surface area (Å²) < 4.78 is 39.8. The van der Waals surface area contributed by atoms with Crippen LogP contribution in [0.2, 0.25) is 0 Å². The van der Waals surface area contributed by atoms with Crippen molar-refractivity contribution in [2.75, 3.05) is 6.54 Å². The van der Waals surface area contributed by atoms with E-state index in [4.69, 9.17) is 0 Å². The Morgan fingerprint density at radius 1 is 1.40 bits per heavy atom. The van der Waals surface area contributed by atoms with Gasteiger partial charge in [-0.1, -0.05) is 12.1 Å². The maximum Gasteiger partial charge on any atom is 0.260 e. The normalized spacial score (nSPS) is 20.4. The zero-order chi connectivity index (χ0) is 14.2. The van der Waals surface area contributed by atoms with Crippen molar-refractivity contribution in [1.82, 2.24) is 14.3 Å². The Kier molecular flexibility index (Phi) is 3.31. The van der Waals surface area contributed by atoms with E-state index in [-0.39, 0.29) is 16.9 Å². The van der Waals surface area contributed by atoms with Crippen LogP contribution in [0.3, 0.4) is 0 Å². The van der Waals surface area contributed by atoms with E-state index in [1.54, 1.807) is 12.1 Å². The van der Waals surface area contributed by atoms with Crippen molar-refractivity contribution in [2.45, 2.75) is 23.9 Å². The lowest BCUT2D eigenvalue weighted by Crippen LogP contribution is -2.31. The van der Waals surface area contributed by atoms with Gasteiger partial charge >= 0.3 is 0 Å². The van der Waals surface area contributed by atoms with E-state index in [0.717, 1.165) is 6.42 Å². The van der Waals surface area contributed by atoms with Gasteiger partial charge in [0.15, 0.2) is 5.03 Å². The fraction of sp³-hybridized carbons (Fsp3) is 0.308. The van der Waals surface area contributed by atoms with E-state index in [1.807, 2.05) is 0 Å². The molecule has 106 valence electrons. The first-order valence-corrected chi connectivity index (χ1v) is 7.79. The van der Waals surface area contributed by atoms with Gasteiger partial charge in [-0.2, -0.15) is 4.31 Å². The molecule has 1 N–H and O–H groups in total. The van der Waals surface area contributed by atoms with Crippen molar-refractivity contribution < 1.29 is 12.8 Å². The maximum absolute atomic E-state index is 13.3. The van der Waals surface area contributed by atoms with Crippen LogP contribution in [0.4, 0.5) is 4.39 Å². The lowest BCUT2D eigenvalue weighted by Gasteiger charge is -2.23. The van der Waals surface area contributed by atoms with E-state index in [0.29, 0.717) is 18.5 Å². The second-order valence-electron chi connectivity index (χ2n) is 4.74. The molecule has 20 heavy (non-hydrogen) atoms. The third-order valence-electron chi connectivity index (χ3n) is 3.50. The average molecular weight is 295 g/mol. The number of aromatic amines is 1. The highest BCUT2D eigenvalue weighted by Crippen LogP contribution is 2.36. The van der Waals surface area contributed by atoms with Crippen molar-refractivity contribution in [3.8, 4) is 0 Å². The monoisotopic (exact) mass is 295 g/mol. The predicted octanol–water partition coefficient (Wildman–Crippen LogP) is 2.07. The molecule has 1 aliphatic heterocycles. The summed E-state index contributed by atoms with van der Waals surface area (Å²) in [6.45, 7) is 0.433. The minimum absolute atomic E-state index is 0.0702. The van der Waals surface area contributed by atoms with Gasteiger partial charge in [0.2, 0.25) is 0 Å². The van der Waals surface area contributed by atoms with Crippen LogP contribution in [-0.4, -0.2) is 29.2 Å². The molecule has 1 saturated heterocycles. The smallest absolute Gasteiger partial charge is 0.260 e. The lowest BCUT2D eigenvalue weighted by atomic mass is 10.1. The van der Waals surface area contributed by atoms with Gasteiger partial charge in [-0.3, -0.25) is 0 Å². The molecule has 5 nitrogen and oxygen atoms in total. The van der Waals surface area contributed by atoms with Gasteiger partial charge in [0.25, 0.3) is 10.0 Å². The maximum atomic E-state index is 13.3. The van der Waals surface area contributed by atoms with Crippen LogP contribution in [0.5, 0.6) is 0 Å². The third kappa shape index (κ3) is 2.23. The van der Waals surface area contributed by atoms with Gasteiger partial charge in [-0.15, -0.1) is 0 Å². The van der Waals surface area contributed by atoms with Gasteiger partial charge in [0.05, 0.1) is 18.6 Å². The number of H-pyrrole nitrogens is 1. The summed E-state index contributed by atoms with van der Waals surface area (Å²) in [6, 6.07) is 5.79. The Labute approximate surface area is 116 Å². The van der Waals surface area contributed by atoms with Crippen molar-refractivity contribution in [2.24, 2.45) is 0 Å². The van der Waals surface area contributed by atoms with Crippen LogP contribution in [-0.2, 0) is 10.0 Å². The van der Waals surface area contributed by atoms with Gasteiger partial charge in [-0.25, -0.2) is 17.8 Å². The Balaban J connectivity index is 1.98. The van der Waals surface area contributed by atoms with Crippen LogP contribution < -0.4 is 0 Å². The van der Waals surface area contributed by atoms with Gasteiger partial charge in [-0.05, 0) is 30.5 Å². The summed E-state index contributed by atoms with van der Waals surface area (Å²) in [5.74, 6) is -0.353. The van der Waals surface area contributed by atoms with E-state index in [2.05, 4.69) is 9.97 Å². The predicted molar refractivity (Wildman–Crippen MR) is 70.9 cm³/mol. The van der Waals surface area contributed by atoms with Crippen LogP contribution in [0.1, 0.15) is 24.4 Å². The second kappa shape index (κ2) is 4.99. The van der Waals surface area contributed by atoms with E-state index in [9.17, 15) is 12.8 Å². The third-order valence-corrected chi connectivity index (χ3v) is 5.33. The molecule has 0 saturated carbocycles. The second-order valence-corrected chi connectivity index (χ2v) is 6.60. The van der Waals surface area contributed by atoms with Crippen LogP contribution in [0.15, 0.2) is 41.8 Å². The largest absolute Gasteiger partial charge is 0.335 e. The molecule has 2 aromatic rings. The molecule has 1 aromatic carbocycles. The number of hydrogen-bond donors (Lipinski definition) is 1. The number of nitrogens with one attached hydrogen (secondary N) is 1. The lowest BCUT2D eigenvalue weighted by molar-refractivity contribution is 0.394. The molecule has 0 spiro atoms. The summed E-state index contributed by atoms with van der Waals surface area (Å²) in [7, 11) is -3.61. The van der Waals surface area contributed by atoms with Crippen molar-refractivity contribution in [1.29, 1.82) is 0 Å². The minimum atomic E-state index is -3.61. The molecule has 2 heterocycles. The molecular formula is C13H14FN3O2S. The number of rotatable bonds is 3. The molecule has 0 bridgehead atoms. The molecule has 0 radical (unpaired) electrons. The molecule has 1 atom stereocenters. The Hall–Kier alpha value is -1.73. The van der Waals surface area contributed by atoms with Gasteiger partial charge in [0.1, 0.15) is 5.82 Å². The van der Waals surface area contributed by atoms with Gasteiger partial charge in [0, 0.05) is 6.54 Å². The molecule has 1 fully saturated rings. The van der Waals surface area contributed by atoms with E-state index < -0.39 is 10.0 Å². The molecule has 0 aliphatic carbocycles. The standard InChI is InChI=1S/C13H14FN3O2S/c14-11-4-1-3-10(7-11)12-5-2-6-17(12)20(18,19)13-8-15-9-16-13/h1,3-4,7-9,12H,2,5-6H2,(H,15,16). The summed E-state index contributed by atoms with van der Waals surface area (Å²) in [5.41, 5.74) is 0.686. The quantitative estimate of drug-likeness (QED) is 0.942. The number of halogens is 1. The Bertz CT molecular complexity index is 700. The fourth-order valence-electron chi connectivity index (χ4n) is 2.59. The first-order chi connectivity index (χ1) is 9.59. The highest BCUT2D eigenvalue weighted by atomic mass is 32.2. The minimum Gasteiger partial charge on any atom is -0.335 e. The average Bonchev–Trinajstić information content (AvgIpc) is 3.11. The number of imidazole rings is 1. The van der Waals surface area contributed by atoms with E-state index >= 15 is 0 Å². The Morgan fingerprint density at radius 3 is 2.95 bits per heavy atom. The Morgan fingerprint density at radius 2 is 2.25 bits per heavy atom. The van der Waals surface area contributed by atoms with Crippen LogP contribution in [0, 0.1) is 5.82 Å². The van der Waals surface area contributed by atoms with Crippen molar-refractivity contribution >= 4 is 10.0 Å². The SMILES string of the molecule is O=S(=O)(c1cnc[nH]1)N1CCCC1c1cccc(F)c1. The molecule has 0 amide bonds. The van der Waals surface area contributed by atoms with Crippen molar-refractivity contribution in [3.05, 3.63) is 48.2 Å². The van der Waals surface area contributed by atoms with Crippen molar-refractivity contribution in [3.63, 3.8) is 0 Å². The summed E-state index contributed by atoms with van der Waals surface area (Å²) in [4.78, 5) is 6.37. The molecular weight excluding hydrogens is 281 g/mol. The molecule has 1 aliphatic rings. The summed E-state index contributed by atoms with van der Waals surface area (Å²) in [6.07, 6.45) is 4.07. The number of aromatic nitrogens is 2. The fourth-order valence-corrected chi connectivity index (χ4v) is 4.17.